The van der Waals surface area contributed by atoms with Crippen LogP contribution >= 0.6 is 0 Å². The van der Waals surface area contributed by atoms with E-state index in [4.69, 9.17) is 0 Å². The molecule has 28 heavy (non-hydrogen) atoms. The molecule has 4 rings (SSSR count). The largest absolute Gasteiger partial charge is 0.349 e. The van der Waals surface area contributed by atoms with Gasteiger partial charge in [-0.3, -0.25) is 4.79 Å². The van der Waals surface area contributed by atoms with Crippen molar-refractivity contribution >= 4 is 15.9 Å². The van der Waals surface area contributed by atoms with Crippen LogP contribution in [-0.4, -0.2) is 30.7 Å². The molecule has 0 aromatic heterocycles. The van der Waals surface area contributed by atoms with Crippen LogP contribution < -0.4 is 5.32 Å². The zero-order chi connectivity index (χ0) is 19.7. The zero-order valence-corrected chi connectivity index (χ0v) is 16.9. The second-order valence-electron chi connectivity index (χ2n) is 7.72. The first-order valence-electron chi connectivity index (χ1n) is 9.98. The average molecular weight is 399 g/mol. The van der Waals surface area contributed by atoms with Crippen LogP contribution in [0, 0.1) is 0 Å². The van der Waals surface area contributed by atoms with Crippen LogP contribution in [0.5, 0.6) is 0 Å². The lowest BCUT2D eigenvalue weighted by Crippen LogP contribution is -2.32. The fraction of sp³-hybridized carbons (Fsp3) is 0.409. The van der Waals surface area contributed by atoms with Gasteiger partial charge in [-0.25, -0.2) is 8.42 Å². The van der Waals surface area contributed by atoms with Crippen molar-refractivity contribution in [3.63, 3.8) is 0 Å². The number of nitrogens with one attached hydrogen (secondary N) is 1. The van der Waals surface area contributed by atoms with E-state index in [1.165, 1.54) is 0 Å². The standard InChI is InChI=1S/C22H26N2O3S/c1-2-16-5-13-21(14-6-16)28(26,27)24(20-11-12-20)15-17-3-7-18(8-4-17)22(25)23-19-9-10-19/h3-8,13-14,19-20H,2,9-12,15H2,1H3,(H,23,25). The molecule has 0 saturated heterocycles. The monoisotopic (exact) mass is 398 g/mol. The highest BCUT2D eigenvalue weighted by molar-refractivity contribution is 7.89. The minimum absolute atomic E-state index is 0.0586. The highest BCUT2D eigenvalue weighted by Gasteiger charge is 2.38. The van der Waals surface area contributed by atoms with Crippen LogP contribution in [0.4, 0.5) is 0 Å². The van der Waals surface area contributed by atoms with Gasteiger partial charge in [0.2, 0.25) is 10.0 Å². The van der Waals surface area contributed by atoms with Crippen LogP contribution in [0.3, 0.4) is 0 Å². The van der Waals surface area contributed by atoms with Crippen LogP contribution in [0.15, 0.2) is 53.4 Å². The SMILES string of the molecule is CCc1ccc(S(=O)(=O)N(Cc2ccc(C(=O)NC3CC3)cc2)C2CC2)cc1. The Morgan fingerprint density at radius 3 is 2.11 bits per heavy atom. The predicted molar refractivity (Wildman–Crippen MR) is 109 cm³/mol. The summed E-state index contributed by atoms with van der Waals surface area (Å²) in [4.78, 5) is 12.5. The van der Waals surface area contributed by atoms with Gasteiger partial charge in [-0.1, -0.05) is 31.2 Å². The molecule has 2 aromatic carbocycles. The molecule has 0 atom stereocenters. The summed E-state index contributed by atoms with van der Waals surface area (Å²) in [6.45, 7) is 2.38. The first-order chi connectivity index (χ1) is 13.5. The predicted octanol–water partition coefficient (Wildman–Crippen LogP) is 3.49. The molecule has 2 fully saturated rings. The van der Waals surface area contributed by atoms with Gasteiger partial charge in [0.25, 0.3) is 5.91 Å². The molecule has 2 saturated carbocycles. The highest BCUT2D eigenvalue weighted by Crippen LogP contribution is 2.33. The number of carbonyl (C=O) groups is 1. The van der Waals surface area contributed by atoms with Gasteiger partial charge in [-0.05, 0) is 67.5 Å². The van der Waals surface area contributed by atoms with Crippen molar-refractivity contribution < 1.29 is 13.2 Å². The third kappa shape index (κ3) is 4.28. The summed E-state index contributed by atoms with van der Waals surface area (Å²) < 4.78 is 28.0. The molecule has 148 valence electrons. The molecule has 0 heterocycles. The summed E-state index contributed by atoms with van der Waals surface area (Å²) in [6, 6.07) is 14.8. The molecular weight excluding hydrogens is 372 g/mol. The molecule has 6 heteroatoms. The van der Waals surface area contributed by atoms with E-state index in [1.807, 2.05) is 24.3 Å². The van der Waals surface area contributed by atoms with Crippen molar-refractivity contribution in [2.75, 3.05) is 0 Å². The van der Waals surface area contributed by atoms with E-state index in [2.05, 4.69) is 12.2 Å². The van der Waals surface area contributed by atoms with E-state index in [9.17, 15) is 13.2 Å². The minimum atomic E-state index is -3.54. The molecule has 0 bridgehead atoms. The van der Waals surface area contributed by atoms with E-state index >= 15 is 0 Å². The summed E-state index contributed by atoms with van der Waals surface area (Å²) >= 11 is 0. The van der Waals surface area contributed by atoms with Gasteiger partial charge in [-0.2, -0.15) is 4.31 Å². The quantitative estimate of drug-likeness (QED) is 0.740. The van der Waals surface area contributed by atoms with Crippen LogP contribution in [0.2, 0.25) is 0 Å². The summed E-state index contributed by atoms with van der Waals surface area (Å²) in [6.07, 6.45) is 4.78. The minimum Gasteiger partial charge on any atom is -0.349 e. The fourth-order valence-corrected chi connectivity index (χ4v) is 4.92. The number of hydrogen-bond donors (Lipinski definition) is 1. The summed E-state index contributed by atoms with van der Waals surface area (Å²) in [5.41, 5.74) is 2.63. The Morgan fingerprint density at radius 2 is 1.57 bits per heavy atom. The van der Waals surface area contributed by atoms with Gasteiger partial charge in [0, 0.05) is 24.2 Å². The number of hydrogen-bond acceptors (Lipinski definition) is 3. The van der Waals surface area contributed by atoms with E-state index in [0.717, 1.165) is 43.2 Å². The van der Waals surface area contributed by atoms with Crippen molar-refractivity contribution in [3.8, 4) is 0 Å². The number of sulfonamides is 1. The molecule has 1 amide bonds. The zero-order valence-electron chi connectivity index (χ0n) is 16.1. The van der Waals surface area contributed by atoms with E-state index < -0.39 is 10.0 Å². The summed E-state index contributed by atoms with van der Waals surface area (Å²) in [5.74, 6) is -0.0586. The first kappa shape index (κ1) is 19.2. The third-order valence-electron chi connectivity index (χ3n) is 5.36. The average Bonchev–Trinajstić information content (AvgIpc) is 3.61. The lowest BCUT2D eigenvalue weighted by Gasteiger charge is -2.22. The number of benzene rings is 2. The molecule has 1 N–H and O–H groups in total. The fourth-order valence-electron chi connectivity index (χ4n) is 3.24. The second-order valence-corrected chi connectivity index (χ2v) is 9.61. The molecule has 2 aromatic rings. The summed E-state index contributed by atoms with van der Waals surface area (Å²) in [7, 11) is -3.54. The maximum atomic E-state index is 13.2. The molecule has 0 spiro atoms. The van der Waals surface area contributed by atoms with E-state index in [-0.39, 0.29) is 11.9 Å². The lowest BCUT2D eigenvalue weighted by molar-refractivity contribution is 0.0951. The molecule has 2 aliphatic carbocycles. The van der Waals surface area contributed by atoms with Gasteiger partial charge < -0.3 is 5.32 Å². The lowest BCUT2D eigenvalue weighted by atomic mass is 10.1. The molecule has 2 aliphatic rings. The topological polar surface area (TPSA) is 66.5 Å². The molecule has 5 nitrogen and oxygen atoms in total. The highest BCUT2D eigenvalue weighted by atomic mass is 32.2. The number of amides is 1. The smallest absolute Gasteiger partial charge is 0.251 e. The van der Waals surface area contributed by atoms with Gasteiger partial charge in [0.05, 0.1) is 4.90 Å². The Morgan fingerprint density at radius 1 is 0.964 bits per heavy atom. The summed E-state index contributed by atoms with van der Waals surface area (Å²) in [5, 5.41) is 2.97. The molecule has 0 aliphatic heterocycles. The van der Waals surface area contributed by atoms with Crippen LogP contribution in [0.25, 0.3) is 0 Å². The van der Waals surface area contributed by atoms with Crippen LogP contribution in [0.1, 0.15) is 54.1 Å². The Hall–Kier alpha value is -2.18. The Bertz CT molecular complexity index is 944. The van der Waals surface area contributed by atoms with Gasteiger partial charge in [0.15, 0.2) is 0 Å². The van der Waals surface area contributed by atoms with E-state index in [1.54, 1.807) is 28.6 Å². The third-order valence-corrected chi connectivity index (χ3v) is 7.27. The van der Waals surface area contributed by atoms with Crippen molar-refractivity contribution in [3.05, 3.63) is 65.2 Å². The van der Waals surface area contributed by atoms with Crippen molar-refractivity contribution in [1.29, 1.82) is 0 Å². The van der Waals surface area contributed by atoms with E-state index in [0.29, 0.717) is 23.0 Å². The maximum absolute atomic E-state index is 13.2. The van der Waals surface area contributed by atoms with Gasteiger partial charge in [0.1, 0.15) is 0 Å². The number of nitrogens with zero attached hydrogens (tertiary/aromatic N) is 1. The maximum Gasteiger partial charge on any atom is 0.251 e. The number of aryl methyl sites for hydroxylation is 1. The number of carbonyl (C=O) groups excluding carboxylic acids is 1. The van der Waals surface area contributed by atoms with Gasteiger partial charge in [-0.15, -0.1) is 0 Å². The van der Waals surface area contributed by atoms with Crippen LogP contribution in [-0.2, 0) is 23.0 Å². The molecule has 0 radical (unpaired) electrons. The first-order valence-corrected chi connectivity index (χ1v) is 11.4. The van der Waals surface area contributed by atoms with Crippen molar-refractivity contribution in [2.45, 2.75) is 62.6 Å². The van der Waals surface area contributed by atoms with Crippen molar-refractivity contribution in [1.82, 2.24) is 9.62 Å². The number of rotatable bonds is 8. The second kappa shape index (κ2) is 7.68. The molecular formula is C22H26N2O3S. The Labute approximate surface area is 166 Å². The Kier molecular flexibility index (Phi) is 5.25. The Balaban J connectivity index is 1.50. The normalized spacial score (nSPS) is 16.9. The molecule has 0 unspecified atom stereocenters. The van der Waals surface area contributed by atoms with Crippen molar-refractivity contribution in [2.24, 2.45) is 0 Å². The van der Waals surface area contributed by atoms with Gasteiger partial charge >= 0.3 is 0 Å².